The lowest BCUT2D eigenvalue weighted by Gasteiger charge is -2.33. The van der Waals surface area contributed by atoms with E-state index < -0.39 is 5.41 Å². The average Bonchev–Trinajstić information content (AvgIpc) is 2.41. The first kappa shape index (κ1) is 19.2. The average molecular weight is 319 g/mol. The van der Waals surface area contributed by atoms with Gasteiger partial charge in [-0.2, -0.15) is 0 Å². The molecule has 0 spiro atoms. The lowest BCUT2D eigenvalue weighted by Crippen LogP contribution is -2.45. The summed E-state index contributed by atoms with van der Waals surface area (Å²) in [7, 11) is 1.82. The van der Waals surface area contributed by atoms with E-state index in [1.807, 2.05) is 45.2 Å². The monoisotopic (exact) mass is 318 g/mol. The molecule has 0 bridgehead atoms. The summed E-state index contributed by atoms with van der Waals surface area (Å²) in [5, 5.41) is 0.689. The largest absolute Gasteiger partial charge is 0.341 e. The lowest BCUT2D eigenvalue weighted by atomic mass is 9.81. The molecule has 0 aliphatic rings. The molecule has 2 N–H and O–H groups in total. The molecule has 3 nitrogen and oxygen atoms in total. The molecule has 0 unspecified atom stereocenters. The number of nitrogens with two attached hydrogens (primary N) is 1. The molecule has 5 heteroatoms. The first-order valence-corrected chi connectivity index (χ1v) is 7.07. The van der Waals surface area contributed by atoms with Crippen LogP contribution in [0, 0.1) is 5.41 Å². The van der Waals surface area contributed by atoms with Crippen LogP contribution < -0.4 is 5.73 Å². The van der Waals surface area contributed by atoms with Crippen molar-refractivity contribution in [2.75, 3.05) is 13.6 Å². The van der Waals surface area contributed by atoms with Crippen LogP contribution in [0.1, 0.15) is 32.3 Å². The van der Waals surface area contributed by atoms with E-state index in [4.69, 9.17) is 17.3 Å². The van der Waals surface area contributed by atoms with Crippen molar-refractivity contribution in [1.82, 2.24) is 4.90 Å². The number of hydrogen-bond acceptors (Lipinski definition) is 2. The second kappa shape index (κ2) is 8.50. The summed E-state index contributed by atoms with van der Waals surface area (Å²) in [4.78, 5) is 14.3. The molecule has 20 heavy (non-hydrogen) atoms. The molecule has 1 rings (SSSR count). The van der Waals surface area contributed by atoms with Crippen molar-refractivity contribution < 1.29 is 4.79 Å². The smallest absolute Gasteiger partial charge is 0.230 e. The predicted octanol–water partition coefficient (Wildman–Crippen LogP) is 3.49. The first-order valence-electron chi connectivity index (χ1n) is 6.69. The standard InChI is InChI=1S/C15H23ClN2O.ClH/c1-4-15(5-2,11-17)14(19)18(3)10-12-7-6-8-13(16)9-12;/h6-9H,4-5,10-11,17H2,1-3H3;1H. The van der Waals surface area contributed by atoms with Crippen molar-refractivity contribution >= 4 is 29.9 Å². The first-order chi connectivity index (χ1) is 8.99. The zero-order chi connectivity index (χ0) is 14.5. The Morgan fingerprint density at radius 1 is 1.35 bits per heavy atom. The Morgan fingerprint density at radius 2 is 1.95 bits per heavy atom. The third-order valence-electron chi connectivity index (χ3n) is 3.85. The molecule has 114 valence electrons. The SMILES string of the molecule is CCC(CC)(CN)C(=O)N(C)Cc1cccc(Cl)c1.Cl. The van der Waals surface area contributed by atoms with E-state index in [-0.39, 0.29) is 18.3 Å². The molecule has 0 atom stereocenters. The summed E-state index contributed by atoms with van der Waals surface area (Å²) < 4.78 is 0. The fourth-order valence-electron chi connectivity index (χ4n) is 2.31. The van der Waals surface area contributed by atoms with Gasteiger partial charge in [0.05, 0.1) is 5.41 Å². The molecule has 1 amide bonds. The van der Waals surface area contributed by atoms with E-state index >= 15 is 0 Å². The number of carbonyl (C=O) groups is 1. The summed E-state index contributed by atoms with van der Waals surface area (Å²) in [5.74, 6) is 0.111. The topological polar surface area (TPSA) is 46.3 Å². The molecule has 0 radical (unpaired) electrons. The maximum Gasteiger partial charge on any atom is 0.230 e. The van der Waals surface area contributed by atoms with Crippen molar-refractivity contribution in [3.63, 3.8) is 0 Å². The zero-order valence-electron chi connectivity index (χ0n) is 12.4. The van der Waals surface area contributed by atoms with Gasteiger partial charge >= 0.3 is 0 Å². The molecular weight excluding hydrogens is 295 g/mol. The van der Waals surface area contributed by atoms with Crippen molar-refractivity contribution in [3.05, 3.63) is 34.9 Å². The van der Waals surface area contributed by atoms with Crippen molar-refractivity contribution in [2.45, 2.75) is 33.2 Å². The Kier molecular flexibility index (Phi) is 8.17. The van der Waals surface area contributed by atoms with Gasteiger partial charge in [-0.1, -0.05) is 37.6 Å². The predicted molar refractivity (Wildman–Crippen MR) is 87.2 cm³/mol. The minimum atomic E-state index is -0.437. The van der Waals surface area contributed by atoms with E-state index in [2.05, 4.69) is 0 Å². The number of amides is 1. The summed E-state index contributed by atoms with van der Waals surface area (Å²) in [6.07, 6.45) is 1.53. The minimum Gasteiger partial charge on any atom is -0.341 e. The van der Waals surface area contributed by atoms with Gasteiger partial charge in [-0.05, 0) is 30.5 Å². The maximum absolute atomic E-state index is 12.6. The fourth-order valence-corrected chi connectivity index (χ4v) is 2.53. The number of carbonyl (C=O) groups excluding carboxylic acids is 1. The Balaban J connectivity index is 0.00000361. The van der Waals surface area contributed by atoms with Gasteiger partial charge < -0.3 is 10.6 Å². The number of benzene rings is 1. The number of nitrogens with zero attached hydrogens (tertiary/aromatic N) is 1. The number of halogens is 2. The van der Waals surface area contributed by atoms with Crippen LogP contribution in [0.4, 0.5) is 0 Å². The highest BCUT2D eigenvalue weighted by molar-refractivity contribution is 6.30. The number of hydrogen-bond donors (Lipinski definition) is 1. The highest BCUT2D eigenvalue weighted by Gasteiger charge is 2.35. The van der Waals surface area contributed by atoms with E-state index in [0.29, 0.717) is 18.1 Å². The Hall–Kier alpha value is -0.770. The van der Waals surface area contributed by atoms with Crippen LogP contribution >= 0.6 is 24.0 Å². The van der Waals surface area contributed by atoms with E-state index in [0.717, 1.165) is 18.4 Å². The molecule has 0 aliphatic heterocycles. The Morgan fingerprint density at radius 3 is 2.40 bits per heavy atom. The molecule has 0 aromatic heterocycles. The second-order valence-corrected chi connectivity index (χ2v) is 5.42. The van der Waals surface area contributed by atoms with Crippen LogP contribution in [0.2, 0.25) is 5.02 Å². The van der Waals surface area contributed by atoms with Crippen molar-refractivity contribution in [2.24, 2.45) is 11.1 Å². The van der Waals surface area contributed by atoms with Crippen LogP contribution in [-0.4, -0.2) is 24.4 Å². The van der Waals surface area contributed by atoms with Gasteiger partial charge in [0.25, 0.3) is 0 Å². The molecule has 0 saturated carbocycles. The quantitative estimate of drug-likeness (QED) is 0.872. The molecule has 1 aromatic rings. The van der Waals surface area contributed by atoms with Crippen LogP contribution in [-0.2, 0) is 11.3 Å². The van der Waals surface area contributed by atoms with Gasteiger partial charge in [0.15, 0.2) is 0 Å². The van der Waals surface area contributed by atoms with Gasteiger partial charge in [-0.15, -0.1) is 12.4 Å². The third kappa shape index (κ3) is 4.37. The Bertz CT molecular complexity index is 425. The summed E-state index contributed by atoms with van der Waals surface area (Å²) in [6, 6.07) is 7.58. The maximum atomic E-state index is 12.6. The van der Waals surface area contributed by atoms with E-state index in [1.165, 1.54) is 0 Å². The van der Waals surface area contributed by atoms with Crippen LogP contribution in [0.15, 0.2) is 24.3 Å². The van der Waals surface area contributed by atoms with Gasteiger partial charge in [-0.25, -0.2) is 0 Å². The molecule has 0 saturated heterocycles. The molecule has 0 heterocycles. The fraction of sp³-hybridized carbons (Fsp3) is 0.533. The van der Waals surface area contributed by atoms with Crippen LogP contribution in [0.25, 0.3) is 0 Å². The highest BCUT2D eigenvalue weighted by atomic mass is 35.5. The molecular formula is C15H24Cl2N2O. The number of rotatable bonds is 6. The molecule has 0 aliphatic carbocycles. The summed E-state index contributed by atoms with van der Waals surface area (Å²) >= 11 is 5.96. The zero-order valence-corrected chi connectivity index (χ0v) is 13.9. The lowest BCUT2D eigenvalue weighted by molar-refractivity contribution is -0.141. The minimum absolute atomic E-state index is 0. The van der Waals surface area contributed by atoms with Gasteiger partial charge in [-0.3, -0.25) is 4.79 Å². The van der Waals surface area contributed by atoms with E-state index in [9.17, 15) is 4.79 Å². The van der Waals surface area contributed by atoms with Crippen LogP contribution in [0.3, 0.4) is 0 Å². The van der Waals surface area contributed by atoms with Crippen LogP contribution in [0.5, 0.6) is 0 Å². The summed E-state index contributed by atoms with van der Waals surface area (Å²) in [6.45, 7) is 4.98. The van der Waals surface area contributed by atoms with Crippen molar-refractivity contribution in [3.8, 4) is 0 Å². The summed E-state index contributed by atoms with van der Waals surface area (Å²) in [5.41, 5.74) is 6.41. The highest BCUT2D eigenvalue weighted by Crippen LogP contribution is 2.28. The van der Waals surface area contributed by atoms with Crippen molar-refractivity contribution in [1.29, 1.82) is 0 Å². The van der Waals surface area contributed by atoms with Gasteiger partial charge in [0, 0.05) is 25.2 Å². The van der Waals surface area contributed by atoms with Gasteiger partial charge in [0.1, 0.15) is 0 Å². The second-order valence-electron chi connectivity index (χ2n) is 4.98. The Labute approximate surface area is 132 Å². The normalized spacial score (nSPS) is 10.8. The van der Waals surface area contributed by atoms with Gasteiger partial charge in [0.2, 0.25) is 5.91 Å². The third-order valence-corrected chi connectivity index (χ3v) is 4.09. The molecule has 0 fully saturated rings. The van der Waals surface area contributed by atoms with E-state index in [1.54, 1.807) is 4.90 Å². The molecule has 1 aromatic carbocycles.